The third-order valence-corrected chi connectivity index (χ3v) is 2.46. The number of aromatic nitrogens is 1. The second kappa shape index (κ2) is 3.52. The van der Waals surface area contributed by atoms with Crippen LogP contribution in [0.25, 0.3) is 10.9 Å². The van der Waals surface area contributed by atoms with E-state index < -0.39 is 0 Å². The number of fused-ring (bicyclic) bond motifs is 1. The van der Waals surface area contributed by atoms with Crippen LogP contribution >= 0.6 is 11.6 Å². The number of nitrogens with two attached hydrogens (primary N) is 1. The van der Waals surface area contributed by atoms with Crippen molar-refractivity contribution < 1.29 is 4.74 Å². The third-order valence-electron chi connectivity index (χ3n) is 2.17. The Morgan fingerprint density at radius 2 is 2.21 bits per heavy atom. The second-order valence-corrected chi connectivity index (χ2v) is 3.48. The fourth-order valence-corrected chi connectivity index (χ4v) is 1.71. The van der Waals surface area contributed by atoms with Gasteiger partial charge in [0.15, 0.2) is 0 Å². The number of halogens is 1. The average molecular weight is 211 g/mol. The van der Waals surface area contributed by atoms with Gasteiger partial charge in [0.05, 0.1) is 12.1 Å². The maximum atomic E-state index is 5.99. The van der Waals surface area contributed by atoms with Gasteiger partial charge in [0, 0.05) is 29.2 Å². The van der Waals surface area contributed by atoms with Crippen molar-refractivity contribution >= 4 is 22.5 Å². The number of methoxy groups -OCH3 is 1. The Kier molecular flexibility index (Phi) is 2.35. The van der Waals surface area contributed by atoms with E-state index in [2.05, 4.69) is 4.98 Å². The summed E-state index contributed by atoms with van der Waals surface area (Å²) in [5.41, 5.74) is 7.51. The molecule has 0 spiro atoms. The Morgan fingerprint density at radius 1 is 1.43 bits per heavy atom. The van der Waals surface area contributed by atoms with Crippen LogP contribution in [0.5, 0.6) is 5.75 Å². The third kappa shape index (κ3) is 1.45. The Balaban J connectivity index is 2.64. The van der Waals surface area contributed by atoms with Gasteiger partial charge >= 0.3 is 0 Å². The molecule has 4 heteroatoms. The van der Waals surface area contributed by atoms with Crippen LogP contribution in [0.2, 0.25) is 5.02 Å². The minimum atomic E-state index is 0.495. The van der Waals surface area contributed by atoms with Crippen LogP contribution in [0.15, 0.2) is 18.2 Å². The van der Waals surface area contributed by atoms with E-state index in [0.29, 0.717) is 17.3 Å². The molecule has 74 valence electrons. The van der Waals surface area contributed by atoms with Crippen LogP contribution in [0.4, 0.5) is 0 Å². The Labute approximate surface area is 86.8 Å². The highest BCUT2D eigenvalue weighted by atomic mass is 35.5. The van der Waals surface area contributed by atoms with Crippen molar-refractivity contribution in [3.63, 3.8) is 0 Å². The van der Waals surface area contributed by atoms with Gasteiger partial charge in [-0.1, -0.05) is 11.6 Å². The van der Waals surface area contributed by atoms with Crippen LogP contribution in [0.3, 0.4) is 0 Å². The number of H-pyrrole nitrogens is 1. The predicted octanol–water partition coefficient (Wildman–Crippen LogP) is 2.29. The Bertz CT molecular complexity index is 464. The van der Waals surface area contributed by atoms with E-state index in [0.717, 1.165) is 16.6 Å². The van der Waals surface area contributed by atoms with Gasteiger partial charge in [-0.2, -0.15) is 0 Å². The van der Waals surface area contributed by atoms with Gasteiger partial charge < -0.3 is 15.5 Å². The fraction of sp³-hybridized carbons (Fsp3) is 0.200. The largest absolute Gasteiger partial charge is 0.495 e. The lowest BCUT2D eigenvalue weighted by atomic mass is 10.2. The molecule has 0 atom stereocenters. The summed E-state index contributed by atoms with van der Waals surface area (Å²) in [6.45, 7) is 0.495. The first kappa shape index (κ1) is 9.37. The first-order valence-electron chi connectivity index (χ1n) is 4.30. The molecule has 0 fully saturated rings. The lowest BCUT2D eigenvalue weighted by Crippen LogP contribution is -1.94. The molecule has 14 heavy (non-hydrogen) atoms. The van der Waals surface area contributed by atoms with E-state index in [1.165, 1.54) is 0 Å². The molecule has 0 aliphatic carbocycles. The summed E-state index contributed by atoms with van der Waals surface area (Å²) in [5.74, 6) is 0.671. The summed E-state index contributed by atoms with van der Waals surface area (Å²) >= 11 is 5.99. The number of hydrogen-bond donors (Lipinski definition) is 2. The van der Waals surface area contributed by atoms with Gasteiger partial charge in [0.1, 0.15) is 5.75 Å². The van der Waals surface area contributed by atoms with Gasteiger partial charge in [0.2, 0.25) is 0 Å². The molecule has 0 saturated heterocycles. The maximum Gasteiger partial charge on any atom is 0.139 e. The quantitative estimate of drug-likeness (QED) is 0.799. The summed E-state index contributed by atoms with van der Waals surface area (Å²) < 4.78 is 5.11. The Morgan fingerprint density at radius 3 is 2.86 bits per heavy atom. The normalized spacial score (nSPS) is 10.8. The molecule has 0 bridgehead atoms. The van der Waals surface area contributed by atoms with Crippen LogP contribution in [0.1, 0.15) is 5.69 Å². The van der Waals surface area contributed by atoms with E-state index in [1.807, 2.05) is 18.2 Å². The SMILES string of the molecule is COc1cc2[nH]c(CN)cc2cc1Cl. The van der Waals surface area contributed by atoms with Crippen molar-refractivity contribution in [1.29, 1.82) is 0 Å². The average Bonchev–Trinajstić information content (AvgIpc) is 2.58. The zero-order valence-electron chi connectivity index (χ0n) is 7.80. The first-order chi connectivity index (χ1) is 6.74. The lowest BCUT2D eigenvalue weighted by molar-refractivity contribution is 0.415. The van der Waals surface area contributed by atoms with Gasteiger partial charge in [-0.15, -0.1) is 0 Å². The molecule has 1 aromatic heterocycles. The zero-order chi connectivity index (χ0) is 10.1. The van der Waals surface area contributed by atoms with Crippen LogP contribution in [-0.2, 0) is 6.54 Å². The maximum absolute atomic E-state index is 5.99. The zero-order valence-corrected chi connectivity index (χ0v) is 8.56. The molecule has 2 aromatic rings. The second-order valence-electron chi connectivity index (χ2n) is 3.07. The van der Waals surface area contributed by atoms with Gasteiger partial charge in [-0.25, -0.2) is 0 Å². The molecule has 0 aliphatic heterocycles. The van der Waals surface area contributed by atoms with Crippen LogP contribution in [-0.4, -0.2) is 12.1 Å². The summed E-state index contributed by atoms with van der Waals surface area (Å²) in [7, 11) is 1.60. The topological polar surface area (TPSA) is 51.0 Å². The van der Waals surface area contributed by atoms with Crippen molar-refractivity contribution in [3.8, 4) is 5.75 Å². The summed E-state index contributed by atoms with van der Waals surface area (Å²) in [4.78, 5) is 3.18. The van der Waals surface area contributed by atoms with Crippen LogP contribution < -0.4 is 10.5 Å². The van der Waals surface area contributed by atoms with Crippen LogP contribution in [0, 0.1) is 0 Å². The number of hydrogen-bond acceptors (Lipinski definition) is 2. The highest BCUT2D eigenvalue weighted by Crippen LogP contribution is 2.29. The molecule has 2 rings (SSSR count). The molecule has 0 unspecified atom stereocenters. The highest BCUT2D eigenvalue weighted by molar-refractivity contribution is 6.32. The number of rotatable bonds is 2. The molecule has 3 N–H and O–H groups in total. The van der Waals surface area contributed by atoms with Crippen molar-refractivity contribution in [2.24, 2.45) is 5.73 Å². The highest BCUT2D eigenvalue weighted by Gasteiger charge is 2.05. The minimum Gasteiger partial charge on any atom is -0.495 e. The Hall–Kier alpha value is -1.19. The van der Waals surface area contributed by atoms with Gasteiger partial charge in [-0.05, 0) is 12.1 Å². The molecular weight excluding hydrogens is 200 g/mol. The molecule has 0 saturated carbocycles. The molecule has 1 aromatic carbocycles. The van der Waals surface area contributed by atoms with Gasteiger partial charge in [-0.3, -0.25) is 0 Å². The van der Waals surface area contributed by atoms with E-state index in [-0.39, 0.29) is 0 Å². The monoisotopic (exact) mass is 210 g/mol. The summed E-state index contributed by atoms with van der Waals surface area (Å²) in [5, 5.41) is 1.67. The molecule has 3 nitrogen and oxygen atoms in total. The minimum absolute atomic E-state index is 0.495. The van der Waals surface area contributed by atoms with Crippen molar-refractivity contribution in [2.45, 2.75) is 6.54 Å². The van der Waals surface area contributed by atoms with E-state index in [4.69, 9.17) is 22.1 Å². The number of nitrogens with one attached hydrogen (secondary N) is 1. The molecule has 0 radical (unpaired) electrons. The lowest BCUT2D eigenvalue weighted by Gasteiger charge is -2.01. The molecule has 1 heterocycles. The first-order valence-corrected chi connectivity index (χ1v) is 4.67. The van der Waals surface area contributed by atoms with Gasteiger partial charge in [0.25, 0.3) is 0 Å². The van der Waals surface area contributed by atoms with E-state index >= 15 is 0 Å². The number of benzene rings is 1. The fourth-order valence-electron chi connectivity index (χ4n) is 1.46. The summed E-state index contributed by atoms with van der Waals surface area (Å²) in [6.07, 6.45) is 0. The predicted molar refractivity (Wildman–Crippen MR) is 57.8 cm³/mol. The molecule has 0 amide bonds. The number of ether oxygens (including phenoxy) is 1. The standard InChI is InChI=1S/C10H11ClN2O/c1-14-10-4-9-6(3-8(10)11)2-7(5-12)13-9/h2-4,13H,5,12H2,1H3. The molecular formula is C10H11ClN2O. The smallest absolute Gasteiger partial charge is 0.139 e. The van der Waals surface area contributed by atoms with Crippen molar-refractivity contribution in [1.82, 2.24) is 4.98 Å². The number of aromatic amines is 1. The van der Waals surface area contributed by atoms with Crippen molar-refractivity contribution in [2.75, 3.05) is 7.11 Å². The summed E-state index contributed by atoms with van der Waals surface area (Å²) in [6, 6.07) is 5.73. The van der Waals surface area contributed by atoms with Crippen molar-refractivity contribution in [3.05, 3.63) is 28.9 Å². The molecule has 0 aliphatic rings. The van der Waals surface area contributed by atoms with E-state index in [9.17, 15) is 0 Å². The van der Waals surface area contributed by atoms with E-state index in [1.54, 1.807) is 7.11 Å².